The second-order valence-corrected chi connectivity index (χ2v) is 6.24. The molecule has 0 spiro atoms. The summed E-state index contributed by atoms with van der Waals surface area (Å²) in [4.78, 5) is 22.7. The van der Waals surface area contributed by atoms with E-state index in [1.807, 2.05) is 0 Å². The molecule has 1 unspecified atom stereocenters. The third-order valence-corrected chi connectivity index (χ3v) is 3.79. The van der Waals surface area contributed by atoms with Gasteiger partial charge >= 0.3 is 12.0 Å². The molecule has 1 aliphatic carbocycles. The zero-order valence-electron chi connectivity index (χ0n) is 12.1. The number of phenols is 1. The monoisotopic (exact) mass is 292 g/mol. The van der Waals surface area contributed by atoms with E-state index in [-0.39, 0.29) is 28.8 Å². The van der Waals surface area contributed by atoms with Crippen molar-refractivity contribution < 1.29 is 19.8 Å². The van der Waals surface area contributed by atoms with E-state index in [0.717, 1.165) is 19.3 Å². The molecule has 4 N–H and O–H groups in total. The van der Waals surface area contributed by atoms with Crippen LogP contribution in [0.1, 0.15) is 43.5 Å². The molecule has 0 saturated heterocycles. The number of benzene rings is 1. The van der Waals surface area contributed by atoms with Crippen LogP contribution in [-0.4, -0.2) is 28.3 Å². The number of aromatic carboxylic acids is 1. The van der Waals surface area contributed by atoms with Gasteiger partial charge in [-0.05, 0) is 36.8 Å². The standard InChI is InChI=1S/C15H20N2O4/c1-15(2)6-5-10(8-15)17-14(21)16-9-3-4-11(13(19)20)12(18)7-9/h3-4,7,10,18H,5-6,8H2,1-2H3,(H,19,20)(H2,16,17,21). The Kier molecular flexibility index (Phi) is 4.06. The summed E-state index contributed by atoms with van der Waals surface area (Å²) in [5.41, 5.74) is 0.407. The Morgan fingerprint density at radius 3 is 2.57 bits per heavy atom. The Hall–Kier alpha value is -2.24. The van der Waals surface area contributed by atoms with Crippen LogP contribution in [0.15, 0.2) is 18.2 Å². The van der Waals surface area contributed by atoms with Crippen molar-refractivity contribution in [3.05, 3.63) is 23.8 Å². The largest absolute Gasteiger partial charge is 0.507 e. The minimum Gasteiger partial charge on any atom is -0.507 e. The number of urea groups is 1. The maximum Gasteiger partial charge on any atom is 0.339 e. The smallest absolute Gasteiger partial charge is 0.339 e. The average molecular weight is 292 g/mol. The topological polar surface area (TPSA) is 98.7 Å². The first kappa shape index (κ1) is 15.2. The quantitative estimate of drug-likeness (QED) is 0.688. The van der Waals surface area contributed by atoms with Gasteiger partial charge in [0.2, 0.25) is 0 Å². The minimum absolute atomic E-state index is 0.145. The molecule has 1 saturated carbocycles. The lowest BCUT2D eigenvalue weighted by Gasteiger charge is -2.18. The van der Waals surface area contributed by atoms with Crippen LogP contribution < -0.4 is 10.6 Å². The van der Waals surface area contributed by atoms with Crippen LogP contribution in [0.2, 0.25) is 0 Å². The summed E-state index contributed by atoms with van der Waals surface area (Å²) in [5, 5.41) is 23.9. The van der Waals surface area contributed by atoms with E-state index >= 15 is 0 Å². The first-order chi connectivity index (χ1) is 9.77. The van der Waals surface area contributed by atoms with E-state index in [2.05, 4.69) is 24.5 Å². The van der Waals surface area contributed by atoms with Crippen molar-refractivity contribution >= 4 is 17.7 Å². The number of amides is 2. The summed E-state index contributed by atoms with van der Waals surface area (Å²) in [6, 6.07) is 3.72. The molecule has 1 aromatic carbocycles. The first-order valence-electron chi connectivity index (χ1n) is 6.91. The molecule has 114 valence electrons. The van der Waals surface area contributed by atoms with Gasteiger partial charge in [0.1, 0.15) is 11.3 Å². The zero-order chi connectivity index (χ0) is 15.6. The molecule has 2 rings (SSSR count). The zero-order valence-corrected chi connectivity index (χ0v) is 12.1. The molecule has 0 bridgehead atoms. The van der Waals surface area contributed by atoms with Crippen LogP contribution in [0.25, 0.3) is 0 Å². The molecule has 0 radical (unpaired) electrons. The van der Waals surface area contributed by atoms with Crippen molar-refractivity contribution in [3.63, 3.8) is 0 Å². The summed E-state index contributed by atoms with van der Waals surface area (Å²) < 4.78 is 0. The molecule has 1 aliphatic rings. The van der Waals surface area contributed by atoms with Gasteiger partial charge in [0.25, 0.3) is 0 Å². The van der Waals surface area contributed by atoms with Gasteiger partial charge in [-0.1, -0.05) is 13.8 Å². The molecule has 6 heteroatoms. The van der Waals surface area contributed by atoms with Crippen molar-refractivity contribution in [3.8, 4) is 5.75 Å². The first-order valence-corrected chi connectivity index (χ1v) is 6.91. The molecule has 1 aromatic rings. The highest BCUT2D eigenvalue weighted by atomic mass is 16.4. The Bertz CT molecular complexity index is 569. The SMILES string of the molecule is CC1(C)CCC(NC(=O)Nc2ccc(C(=O)O)c(O)c2)C1. The van der Waals surface area contributed by atoms with E-state index in [1.54, 1.807) is 0 Å². The van der Waals surface area contributed by atoms with Gasteiger partial charge in [-0.3, -0.25) is 0 Å². The summed E-state index contributed by atoms with van der Waals surface area (Å²) in [5.74, 6) is -1.58. The third-order valence-electron chi connectivity index (χ3n) is 3.79. The van der Waals surface area contributed by atoms with Gasteiger partial charge in [-0.2, -0.15) is 0 Å². The van der Waals surface area contributed by atoms with Gasteiger partial charge in [0.05, 0.1) is 0 Å². The van der Waals surface area contributed by atoms with Crippen LogP contribution in [0.3, 0.4) is 0 Å². The molecule has 21 heavy (non-hydrogen) atoms. The highest BCUT2D eigenvalue weighted by molar-refractivity contribution is 5.94. The normalized spacial score (nSPS) is 20.0. The summed E-state index contributed by atoms with van der Waals surface area (Å²) in [7, 11) is 0. The molecule has 0 heterocycles. The van der Waals surface area contributed by atoms with Gasteiger partial charge in [0, 0.05) is 17.8 Å². The molecular formula is C15H20N2O4. The van der Waals surface area contributed by atoms with Crippen LogP contribution in [0.4, 0.5) is 10.5 Å². The molecular weight excluding hydrogens is 272 g/mol. The number of anilines is 1. The predicted octanol–water partition coefficient (Wildman–Crippen LogP) is 2.79. The number of aromatic hydroxyl groups is 1. The van der Waals surface area contributed by atoms with Crippen molar-refractivity contribution in [2.45, 2.75) is 39.2 Å². The maximum absolute atomic E-state index is 11.9. The fourth-order valence-corrected chi connectivity index (χ4v) is 2.70. The van der Waals surface area contributed by atoms with E-state index in [4.69, 9.17) is 5.11 Å². The lowest BCUT2D eigenvalue weighted by molar-refractivity contribution is 0.0694. The van der Waals surface area contributed by atoms with Gasteiger partial charge in [0.15, 0.2) is 0 Å². The van der Waals surface area contributed by atoms with E-state index < -0.39 is 5.97 Å². The summed E-state index contributed by atoms with van der Waals surface area (Å²) in [6.07, 6.45) is 2.96. The Morgan fingerprint density at radius 1 is 1.33 bits per heavy atom. The van der Waals surface area contributed by atoms with Crippen molar-refractivity contribution in [2.75, 3.05) is 5.32 Å². The van der Waals surface area contributed by atoms with Crippen molar-refractivity contribution in [1.82, 2.24) is 5.32 Å². The van der Waals surface area contributed by atoms with Gasteiger partial charge < -0.3 is 20.8 Å². The van der Waals surface area contributed by atoms with Crippen molar-refractivity contribution in [2.24, 2.45) is 5.41 Å². The second-order valence-electron chi connectivity index (χ2n) is 6.24. The molecule has 6 nitrogen and oxygen atoms in total. The number of nitrogens with one attached hydrogen (secondary N) is 2. The fraction of sp³-hybridized carbons (Fsp3) is 0.467. The van der Waals surface area contributed by atoms with Crippen molar-refractivity contribution in [1.29, 1.82) is 0 Å². The molecule has 0 aromatic heterocycles. The lowest BCUT2D eigenvalue weighted by Crippen LogP contribution is -2.36. The Morgan fingerprint density at radius 2 is 2.05 bits per heavy atom. The van der Waals surface area contributed by atoms with Gasteiger partial charge in [-0.15, -0.1) is 0 Å². The molecule has 0 aliphatic heterocycles. The van der Waals surface area contributed by atoms with Gasteiger partial charge in [-0.25, -0.2) is 9.59 Å². The Labute approximate surface area is 123 Å². The number of hydrogen-bond acceptors (Lipinski definition) is 3. The number of carbonyl (C=O) groups is 2. The Balaban J connectivity index is 1.94. The highest BCUT2D eigenvalue weighted by Gasteiger charge is 2.31. The highest BCUT2D eigenvalue weighted by Crippen LogP contribution is 2.36. The predicted molar refractivity (Wildman–Crippen MR) is 78.6 cm³/mol. The number of rotatable bonds is 3. The number of carbonyl (C=O) groups excluding carboxylic acids is 1. The fourth-order valence-electron chi connectivity index (χ4n) is 2.70. The number of carboxylic acids is 1. The van der Waals surface area contributed by atoms with E-state index in [9.17, 15) is 14.7 Å². The number of carboxylic acid groups (broad SMARTS) is 1. The maximum atomic E-state index is 11.9. The molecule has 1 fully saturated rings. The second kappa shape index (κ2) is 5.63. The van der Waals surface area contributed by atoms with Crippen LogP contribution in [0.5, 0.6) is 5.75 Å². The van der Waals surface area contributed by atoms with Crippen LogP contribution in [0, 0.1) is 5.41 Å². The van der Waals surface area contributed by atoms with Crippen LogP contribution >= 0.6 is 0 Å². The van der Waals surface area contributed by atoms with Crippen LogP contribution in [-0.2, 0) is 0 Å². The third kappa shape index (κ3) is 3.87. The molecule has 1 atom stereocenters. The molecule has 2 amide bonds. The van der Waals surface area contributed by atoms with E-state index in [1.165, 1.54) is 18.2 Å². The number of hydrogen-bond donors (Lipinski definition) is 4. The lowest BCUT2D eigenvalue weighted by atomic mass is 9.92. The summed E-state index contributed by atoms with van der Waals surface area (Å²) in [6.45, 7) is 4.35. The average Bonchev–Trinajstić information content (AvgIpc) is 2.67. The minimum atomic E-state index is -1.21. The van der Waals surface area contributed by atoms with E-state index in [0.29, 0.717) is 5.69 Å². The summed E-state index contributed by atoms with van der Waals surface area (Å²) >= 11 is 0.